The van der Waals surface area contributed by atoms with Crippen LogP contribution in [0.1, 0.15) is 39.3 Å². The van der Waals surface area contributed by atoms with Gasteiger partial charge < -0.3 is 20.1 Å². The van der Waals surface area contributed by atoms with Crippen molar-refractivity contribution < 1.29 is 19.2 Å². The van der Waals surface area contributed by atoms with Gasteiger partial charge in [0, 0.05) is 23.7 Å². The van der Waals surface area contributed by atoms with Crippen LogP contribution < -0.4 is 10.5 Å². The van der Waals surface area contributed by atoms with Crippen LogP contribution in [0.2, 0.25) is 0 Å². The molecule has 0 unspecified atom stereocenters. The maximum Gasteiger partial charge on any atom is 0.269 e. The lowest BCUT2D eigenvalue weighted by molar-refractivity contribution is 0.0995. The first-order valence-corrected chi connectivity index (χ1v) is 8.30. The summed E-state index contributed by atoms with van der Waals surface area (Å²) in [5, 5.41) is 18.1. The third-order valence-corrected chi connectivity index (χ3v) is 4.12. The summed E-state index contributed by atoms with van der Waals surface area (Å²) in [7, 11) is 0. The van der Waals surface area contributed by atoms with Gasteiger partial charge in [0.1, 0.15) is 22.9 Å². The van der Waals surface area contributed by atoms with Crippen molar-refractivity contribution in [2.24, 2.45) is 5.73 Å². The summed E-state index contributed by atoms with van der Waals surface area (Å²) < 4.78 is 12.3. The van der Waals surface area contributed by atoms with E-state index in [0.717, 1.165) is 5.69 Å². The summed E-state index contributed by atoms with van der Waals surface area (Å²) in [5.41, 5.74) is 8.04. The van der Waals surface area contributed by atoms with Gasteiger partial charge in [0.25, 0.3) is 5.91 Å². The summed E-state index contributed by atoms with van der Waals surface area (Å²) in [4.78, 5) is 11.4. The Bertz CT molecular complexity index is 1090. The fourth-order valence-electron chi connectivity index (χ4n) is 2.82. The molecule has 0 fully saturated rings. The van der Waals surface area contributed by atoms with Gasteiger partial charge in [0.05, 0.1) is 6.61 Å². The molecule has 1 atom stereocenters. The van der Waals surface area contributed by atoms with Crippen LogP contribution in [0.5, 0.6) is 5.75 Å². The minimum absolute atomic E-state index is 0.200. The van der Waals surface area contributed by atoms with Gasteiger partial charge >= 0.3 is 0 Å². The molecular weight excluding hydrogens is 348 g/mol. The second kappa shape index (κ2) is 6.63. The van der Waals surface area contributed by atoms with Crippen molar-refractivity contribution >= 4 is 5.91 Å². The summed E-state index contributed by atoms with van der Waals surface area (Å²) in [6, 6.07) is 8.65. The summed E-state index contributed by atoms with van der Waals surface area (Å²) in [5.74, 6) is 6.30. The molecule has 8 heteroatoms. The first kappa shape index (κ1) is 16.9. The molecule has 0 radical (unpaired) electrons. The Morgan fingerprint density at radius 1 is 1.37 bits per heavy atom. The topological polar surface area (TPSA) is 116 Å². The molecule has 1 aliphatic heterocycles. The molecule has 0 bridgehead atoms. The number of nitrogens with two attached hydrogens (primary N) is 1. The minimum Gasteiger partial charge on any atom is -0.491 e. The third-order valence-electron chi connectivity index (χ3n) is 4.12. The highest BCUT2D eigenvalue weighted by atomic mass is 16.5. The number of aromatic nitrogens is 3. The third kappa shape index (κ3) is 3.28. The maximum absolute atomic E-state index is 11.4. The molecule has 2 aromatic heterocycles. The number of carbonyl (C=O) groups excluding carboxylic acids is 1. The number of rotatable bonds is 2. The SMILES string of the molecule is Cc1cc([C@H](O)C#Cc2ccc3c(c2)-n2nc(C(N)=O)cc2CCO3)no1. The summed E-state index contributed by atoms with van der Waals surface area (Å²) in [6.07, 6.45) is -0.459. The average molecular weight is 364 g/mol. The number of ether oxygens (including phenoxy) is 1. The van der Waals surface area contributed by atoms with Crippen molar-refractivity contribution in [3.05, 3.63) is 58.7 Å². The van der Waals surface area contributed by atoms with Crippen molar-refractivity contribution in [1.29, 1.82) is 0 Å². The van der Waals surface area contributed by atoms with Crippen LogP contribution in [0.15, 0.2) is 34.9 Å². The molecule has 4 rings (SSSR count). The van der Waals surface area contributed by atoms with Crippen LogP contribution in [0.4, 0.5) is 0 Å². The standard InChI is InChI=1S/C19H16N4O4/c1-11-8-14(22-27-11)17(24)4-2-12-3-5-18-16(9-12)23-13(6-7-26-18)10-15(21-23)19(20)25/h3,5,8-10,17,24H,6-7H2,1H3,(H2,20,25)/t17-/m1/s1. The van der Waals surface area contributed by atoms with E-state index >= 15 is 0 Å². The number of aliphatic hydroxyl groups is 1. The van der Waals surface area contributed by atoms with Crippen molar-refractivity contribution in [3.8, 4) is 23.3 Å². The van der Waals surface area contributed by atoms with Crippen LogP contribution in [-0.2, 0) is 6.42 Å². The molecule has 0 saturated heterocycles. The number of nitrogens with zero attached hydrogens (tertiary/aromatic N) is 3. The van der Waals surface area contributed by atoms with Crippen LogP contribution in [0.3, 0.4) is 0 Å². The number of amides is 1. The first-order valence-electron chi connectivity index (χ1n) is 8.30. The number of aliphatic hydroxyl groups excluding tert-OH is 1. The zero-order valence-corrected chi connectivity index (χ0v) is 14.5. The number of fused-ring (bicyclic) bond motifs is 3. The Morgan fingerprint density at radius 3 is 2.96 bits per heavy atom. The fraction of sp³-hybridized carbons (Fsp3) is 0.211. The highest BCUT2D eigenvalue weighted by Gasteiger charge is 2.19. The lowest BCUT2D eigenvalue weighted by atomic mass is 10.1. The molecule has 1 aromatic carbocycles. The Kier molecular flexibility index (Phi) is 4.14. The van der Waals surface area contributed by atoms with E-state index < -0.39 is 12.0 Å². The normalized spacial score (nSPS) is 13.4. The predicted molar refractivity (Wildman–Crippen MR) is 94.4 cm³/mol. The molecule has 3 heterocycles. The van der Waals surface area contributed by atoms with Crippen LogP contribution in [0, 0.1) is 18.8 Å². The van der Waals surface area contributed by atoms with E-state index in [-0.39, 0.29) is 5.69 Å². The summed E-state index contributed by atoms with van der Waals surface area (Å²) >= 11 is 0. The molecule has 1 aliphatic rings. The minimum atomic E-state index is -1.06. The highest BCUT2D eigenvalue weighted by molar-refractivity contribution is 5.91. The Hall–Kier alpha value is -3.57. The van der Waals surface area contributed by atoms with Crippen LogP contribution in [0.25, 0.3) is 5.69 Å². The van der Waals surface area contributed by atoms with Crippen LogP contribution in [-0.4, -0.2) is 32.6 Å². The van der Waals surface area contributed by atoms with E-state index in [0.29, 0.717) is 41.5 Å². The number of carbonyl (C=O) groups is 1. The zero-order valence-electron chi connectivity index (χ0n) is 14.5. The molecule has 8 nitrogen and oxygen atoms in total. The molecule has 0 saturated carbocycles. The second-order valence-corrected chi connectivity index (χ2v) is 6.11. The number of primary amides is 1. The average Bonchev–Trinajstić information content (AvgIpc) is 3.23. The van der Waals surface area contributed by atoms with Gasteiger partial charge in [0.15, 0.2) is 11.8 Å². The molecule has 27 heavy (non-hydrogen) atoms. The number of aryl methyl sites for hydroxylation is 1. The Morgan fingerprint density at radius 2 is 2.22 bits per heavy atom. The zero-order chi connectivity index (χ0) is 19.0. The number of hydrogen-bond acceptors (Lipinski definition) is 6. The van der Waals surface area contributed by atoms with Gasteiger partial charge in [-0.15, -0.1) is 0 Å². The molecule has 0 aliphatic carbocycles. The molecule has 3 aromatic rings. The van der Waals surface area contributed by atoms with Crippen molar-refractivity contribution in [2.45, 2.75) is 19.4 Å². The molecule has 136 valence electrons. The van der Waals surface area contributed by atoms with E-state index in [1.165, 1.54) is 0 Å². The monoisotopic (exact) mass is 364 g/mol. The van der Waals surface area contributed by atoms with Gasteiger partial charge in [-0.25, -0.2) is 4.68 Å². The lowest BCUT2D eigenvalue weighted by Crippen LogP contribution is -2.12. The highest BCUT2D eigenvalue weighted by Crippen LogP contribution is 2.28. The Labute approximate surface area is 154 Å². The van der Waals surface area contributed by atoms with Crippen molar-refractivity contribution in [3.63, 3.8) is 0 Å². The van der Waals surface area contributed by atoms with E-state index in [4.69, 9.17) is 15.0 Å². The molecule has 0 spiro atoms. The van der Waals surface area contributed by atoms with Crippen LogP contribution >= 0.6 is 0 Å². The van der Waals surface area contributed by atoms with E-state index in [1.54, 1.807) is 41.9 Å². The quantitative estimate of drug-likeness (QED) is 0.662. The Balaban J connectivity index is 1.70. The van der Waals surface area contributed by atoms with E-state index in [2.05, 4.69) is 22.1 Å². The van der Waals surface area contributed by atoms with Gasteiger partial charge in [0.2, 0.25) is 0 Å². The van der Waals surface area contributed by atoms with Crippen molar-refractivity contribution in [1.82, 2.24) is 14.9 Å². The molecule has 3 N–H and O–H groups in total. The second-order valence-electron chi connectivity index (χ2n) is 6.11. The smallest absolute Gasteiger partial charge is 0.269 e. The first-order chi connectivity index (χ1) is 13.0. The van der Waals surface area contributed by atoms with E-state index in [1.807, 2.05) is 0 Å². The fourth-order valence-corrected chi connectivity index (χ4v) is 2.82. The largest absolute Gasteiger partial charge is 0.491 e. The summed E-state index contributed by atoms with van der Waals surface area (Å²) in [6.45, 7) is 2.21. The number of hydrogen-bond donors (Lipinski definition) is 2. The van der Waals surface area contributed by atoms with Crippen molar-refractivity contribution in [2.75, 3.05) is 6.61 Å². The lowest BCUT2D eigenvalue weighted by Gasteiger charge is -2.08. The predicted octanol–water partition coefficient (Wildman–Crippen LogP) is 1.29. The van der Waals surface area contributed by atoms with E-state index in [9.17, 15) is 9.90 Å². The number of benzene rings is 1. The van der Waals surface area contributed by atoms with Gasteiger partial charge in [-0.2, -0.15) is 5.10 Å². The van der Waals surface area contributed by atoms with Gasteiger partial charge in [-0.1, -0.05) is 17.0 Å². The molecule has 1 amide bonds. The van der Waals surface area contributed by atoms with Gasteiger partial charge in [-0.05, 0) is 31.2 Å². The maximum atomic E-state index is 11.4. The van der Waals surface area contributed by atoms with Gasteiger partial charge in [-0.3, -0.25) is 4.79 Å². The molecular formula is C19H16N4O4.